The van der Waals surface area contributed by atoms with Crippen molar-refractivity contribution >= 4 is 0 Å². The maximum absolute atomic E-state index is 6.30. The van der Waals surface area contributed by atoms with Crippen LogP contribution in [0.25, 0.3) is 0 Å². The second-order valence-corrected chi connectivity index (χ2v) is 9.02. The highest BCUT2D eigenvalue weighted by Crippen LogP contribution is 2.42. The molecule has 4 rings (SSSR count). The fraction of sp³-hybridized carbons (Fsp3) is 0.727. The highest BCUT2D eigenvalue weighted by Gasteiger charge is 2.58. The Morgan fingerprint density at radius 1 is 0.966 bits per heavy atom. The lowest BCUT2D eigenvalue weighted by molar-refractivity contribution is -0.236. The predicted octanol–water partition coefficient (Wildman–Crippen LogP) is 3.39. The first-order chi connectivity index (χ1) is 13.6. The van der Waals surface area contributed by atoms with Crippen LogP contribution in [0.5, 0.6) is 5.75 Å². The third kappa shape index (κ3) is 4.76. The summed E-state index contributed by atoms with van der Waals surface area (Å²) in [5, 5.41) is 0. The molecule has 3 fully saturated rings. The molecule has 0 unspecified atom stereocenters. The summed E-state index contributed by atoms with van der Waals surface area (Å²) < 4.78 is 41.9. The minimum absolute atomic E-state index is 0.145. The average Bonchev–Trinajstić information content (AvgIpc) is 3.23. The van der Waals surface area contributed by atoms with E-state index in [4.69, 9.17) is 33.2 Å². The van der Waals surface area contributed by atoms with E-state index in [0.717, 1.165) is 11.3 Å². The number of hydrogen-bond acceptors (Lipinski definition) is 7. The van der Waals surface area contributed by atoms with Crippen LogP contribution in [-0.2, 0) is 35.0 Å². The van der Waals surface area contributed by atoms with E-state index in [2.05, 4.69) is 0 Å². The number of fused-ring (bicyclic) bond motifs is 1. The van der Waals surface area contributed by atoms with E-state index in [9.17, 15) is 0 Å². The van der Waals surface area contributed by atoms with Gasteiger partial charge in [-0.15, -0.1) is 0 Å². The SMILES string of the molecule is CC(C)Oc1ccc(CO[C@H]2[C@@H]3OC(C)(C)O[C@H]3O[C@H]2[C@@H]2COC(C)(C)O2)cc1. The Morgan fingerprint density at radius 2 is 1.69 bits per heavy atom. The van der Waals surface area contributed by atoms with E-state index in [0.29, 0.717) is 13.2 Å². The molecular formula is C22H32O7. The van der Waals surface area contributed by atoms with E-state index in [1.54, 1.807) is 0 Å². The van der Waals surface area contributed by atoms with Crippen LogP contribution in [0.4, 0.5) is 0 Å². The minimum atomic E-state index is -0.704. The van der Waals surface area contributed by atoms with Gasteiger partial charge in [0.1, 0.15) is 30.2 Å². The molecule has 7 heteroatoms. The van der Waals surface area contributed by atoms with Crippen molar-refractivity contribution in [1.82, 2.24) is 0 Å². The Hall–Kier alpha value is -1.22. The van der Waals surface area contributed by atoms with Gasteiger partial charge in [-0.3, -0.25) is 0 Å². The molecule has 3 heterocycles. The molecule has 0 N–H and O–H groups in total. The van der Waals surface area contributed by atoms with Gasteiger partial charge in [0.05, 0.1) is 19.3 Å². The Bertz CT molecular complexity index is 700. The quantitative estimate of drug-likeness (QED) is 0.715. The number of benzene rings is 1. The minimum Gasteiger partial charge on any atom is -0.491 e. The molecule has 0 saturated carbocycles. The third-order valence-corrected chi connectivity index (χ3v) is 5.16. The highest BCUT2D eigenvalue weighted by atomic mass is 16.8. The van der Waals surface area contributed by atoms with E-state index >= 15 is 0 Å². The van der Waals surface area contributed by atoms with Crippen LogP contribution in [0.2, 0.25) is 0 Å². The summed E-state index contributed by atoms with van der Waals surface area (Å²) in [6.07, 6.45) is -1.54. The van der Waals surface area contributed by atoms with Crippen LogP contribution in [0, 0.1) is 0 Å². The van der Waals surface area contributed by atoms with Gasteiger partial charge in [0.25, 0.3) is 0 Å². The van der Waals surface area contributed by atoms with Crippen molar-refractivity contribution in [2.75, 3.05) is 6.61 Å². The van der Waals surface area contributed by atoms with Gasteiger partial charge in [0, 0.05) is 0 Å². The maximum atomic E-state index is 6.30. The lowest BCUT2D eigenvalue weighted by atomic mass is 10.1. The monoisotopic (exact) mass is 408 g/mol. The maximum Gasteiger partial charge on any atom is 0.190 e. The molecule has 0 aliphatic carbocycles. The molecule has 0 spiro atoms. The van der Waals surface area contributed by atoms with Crippen molar-refractivity contribution in [2.24, 2.45) is 0 Å². The average molecular weight is 408 g/mol. The van der Waals surface area contributed by atoms with Crippen molar-refractivity contribution in [2.45, 2.75) is 96.5 Å². The molecule has 3 saturated heterocycles. The van der Waals surface area contributed by atoms with Crippen LogP contribution < -0.4 is 4.74 Å². The van der Waals surface area contributed by atoms with Crippen LogP contribution in [0.15, 0.2) is 24.3 Å². The van der Waals surface area contributed by atoms with Crippen molar-refractivity contribution in [3.8, 4) is 5.75 Å². The molecule has 5 atom stereocenters. The summed E-state index contributed by atoms with van der Waals surface area (Å²) in [7, 11) is 0. The zero-order valence-corrected chi connectivity index (χ0v) is 18.0. The van der Waals surface area contributed by atoms with Crippen molar-refractivity contribution in [3.05, 3.63) is 29.8 Å². The summed E-state index contributed by atoms with van der Waals surface area (Å²) in [6, 6.07) is 7.93. The molecule has 3 aliphatic rings. The molecule has 0 amide bonds. The molecule has 0 bridgehead atoms. The molecule has 0 aromatic heterocycles. The normalized spacial score (nSPS) is 35.2. The molecular weight excluding hydrogens is 376 g/mol. The van der Waals surface area contributed by atoms with Gasteiger partial charge >= 0.3 is 0 Å². The highest BCUT2D eigenvalue weighted by molar-refractivity contribution is 5.27. The van der Waals surface area contributed by atoms with Gasteiger partial charge in [0.2, 0.25) is 0 Å². The second kappa shape index (κ2) is 7.80. The van der Waals surface area contributed by atoms with E-state index in [1.165, 1.54) is 0 Å². The number of hydrogen-bond donors (Lipinski definition) is 0. The van der Waals surface area contributed by atoms with Gasteiger partial charge in [-0.05, 0) is 59.2 Å². The standard InChI is InChI=1S/C22H32O7/c1-13(2)25-15-9-7-14(8-10-15)11-23-18-17(16-12-24-21(3,4)27-16)26-20-19(18)28-22(5,6)29-20/h7-10,13,16-20H,11-12H2,1-6H3/t16-,17-,18+,19-,20+/m0/s1. The van der Waals surface area contributed by atoms with Gasteiger partial charge in [-0.25, -0.2) is 0 Å². The summed E-state index contributed by atoms with van der Waals surface area (Å²) in [6.45, 7) is 12.5. The Balaban J connectivity index is 1.44. The number of rotatable bonds is 6. The van der Waals surface area contributed by atoms with Gasteiger partial charge < -0.3 is 33.2 Å². The van der Waals surface area contributed by atoms with E-state index in [-0.39, 0.29) is 30.5 Å². The molecule has 162 valence electrons. The van der Waals surface area contributed by atoms with Crippen LogP contribution in [0.3, 0.4) is 0 Å². The van der Waals surface area contributed by atoms with Gasteiger partial charge in [-0.1, -0.05) is 12.1 Å². The molecule has 1 aromatic rings. The first-order valence-electron chi connectivity index (χ1n) is 10.3. The molecule has 0 radical (unpaired) electrons. The van der Waals surface area contributed by atoms with Gasteiger partial charge in [-0.2, -0.15) is 0 Å². The summed E-state index contributed by atoms with van der Waals surface area (Å²) in [4.78, 5) is 0. The van der Waals surface area contributed by atoms with E-state index < -0.39 is 17.9 Å². The van der Waals surface area contributed by atoms with Crippen molar-refractivity contribution < 1.29 is 33.2 Å². The summed E-state index contributed by atoms with van der Waals surface area (Å²) in [5.41, 5.74) is 1.05. The fourth-order valence-electron chi connectivity index (χ4n) is 4.00. The van der Waals surface area contributed by atoms with Crippen LogP contribution in [-0.4, -0.2) is 55.0 Å². The first-order valence-corrected chi connectivity index (χ1v) is 10.3. The second-order valence-electron chi connectivity index (χ2n) is 9.02. The van der Waals surface area contributed by atoms with Crippen molar-refractivity contribution in [1.29, 1.82) is 0 Å². The summed E-state index contributed by atoms with van der Waals surface area (Å²) in [5.74, 6) is -0.494. The molecule has 3 aliphatic heterocycles. The first kappa shape index (κ1) is 21.0. The lowest BCUT2D eigenvalue weighted by Crippen LogP contribution is -2.44. The fourth-order valence-corrected chi connectivity index (χ4v) is 4.00. The molecule has 29 heavy (non-hydrogen) atoms. The smallest absolute Gasteiger partial charge is 0.190 e. The lowest BCUT2D eigenvalue weighted by Gasteiger charge is -2.29. The third-order valence-electron chi connectivity index (χ3n) is 5.16. The Labute approximate surface area is 172 Å². The van der Waals surface area contributed by atoms with Crippen LogP contribution >= 0.6 is 0 Å². The van der Waals surface area contributed by atoms with Crippen molar-refractivity contribution in [3.63, 3.8) is 0 Å². The van der Waals surface area contributed by atoms with Crippen LogP contribution in [0.1, 0.15) is 47.1 Å². The number of ether oxygens (including phenoxy) is 7. The zero-order valence-electron chi connectivity index (χ0n) is 18.0. The molecule has 7 nitrogen and oxygen atoms in total. The Morgan fingerprint density at radius 3 is 2.31 bits per heavy atom. The summed E-state index contributed by atoms with van der Waals surface area (Å²) >= 11 is 0. The Kier molecular flexibility index (Phi) is 5.65. The zero-order chi connectivity index (χ0) is 20.8. The van der Waals surface area contributed by atoms with E-state index in [1.807, 2.05) is 65.8 Å². The largest absolute Gasteiger partial charge is 0.491 e. The van der Waals surface area contributed by atoms with Gasteiger partial charge in [0.15, 0.2) is 17.9 Å². The molecule has 1 aromatic carbocycles. The topological polar surface area (TPSA) is 64.6 Å². The predicted molar refractivity (Wildman–Crippen MR) is 104 cm³/mol.